The maximum atomic E-state index is 13.3. The van der Waals surface area contributed by atoms with Crippen LogP contribution in [0.2, 0.25) is 0 Å². The average Bonchev–Trinajstić information content (AvgIpc) is 3.09. The summed E-state index contributed by atoms with van der Waals surface area (Å²) in [7, 11) is 1.85. The summed E-state index contributed by atoms with van der Waals surface area (Å²) < 4.78 is 23.9. The summed E-state index contributed by atoms with van der Waals surface area (Å²) in [6.07, 6.45) is 0. The number of nitrogens with zero attached hydrogens (tertiary/aromatic N) is 2. The Morgan fingerprint density at radius 1 is 1.40 bits per heavy atom. The van der Waals surface area contributed by atoms with Crippen molar-refractivity contribution in [3.63, 3.8) is 0 Å². The van der Waals surface area contributed by atoms with Crippen molar-refractivity contribution in [3.05, 3.63) is 29.9 Å². The van der Waals surface area contributed by atoms with Crippen LogP contribution in [0, 0.1) is 5.82 Å². The highest BCUT2D eigenvalue weighted by molar-refractivity contribution is 5.55. The first-order valence-electron chi connectivity index (χ1n) is 6.26. The van der Waals surface area contributed by atoms with Crippen molar-refractivity contribution in [2.75, 3.05) is 20.3 Å². The number of halogens is 1. The van der Waals surface area contributed by atoms with Crippen molar-refractivity contribution in [2.24, 2.45) is 0 Å². The molecule has 3 rings (SSSR count). The number of rotatable bonds is 3. The molecule has 0 amide bonds. The Morgan fingerprint density at radius 3 is 3.00 bits per heavy atom. The number of aromatic hydroxyl groups is 1. The average molecular weight is 279 g/mol. The highest BCUT2D eigenvalue weighted by Gasteiger charge is 2.33. The van der Waals surface area contributed by atoms with Gasteiger partial charge in [-0.1, -0.05) is 5.16 Å². The molecule has 2 aromatic rings. The number of nitrogens with one attached hydrogen (secondary N) is 1. The number of aromatic nitrogens is 2. The second-order valence-corrected chi connectivity index (χ2v) is 4.66. The summed E-state index contributed by atoms with van der Waals surface area (Å²) in [5.74, 6) is -0.378. The van der Waals surface area contributed by atoms with E-state index in [1.54, 1.807) is 0 Å². The van der Waals surface area contributed by atoms with Gasteiger partial charge in [0, 0.05) is 11.6 Å². The molecule has 6 nitrogen and oxygen atoms in total. The minimum Gasteiger partial charge on any atom is -0.505 e. The molecule has 106 valence electrons. The Balaban J connectivity index is 1.88. The molecule has 0 spiro atoms. The fourth-order valence-electron chi connectivity index (χ4n) is 2.23. The lowest BCUT2D eigenvalue weighted by molar-refractivity contribution is 0.185. The van der Waals surface area contributed by atoms with Gasteiger partial charge in [-0.05, 0) is 25.2 Å². The van der Waals surface area contributed by atoms with E-state index in [0.717, 1.165) is 0 Å². The van der Waals surface area contributed by atoms with Gasteiger partial charge in [0.25, 0.3) is 0 Å². The van der Waals surface area contributed by atoms with Gasteiger partial charge in [0.05, 0.1) is 19.1 Å². The molecule has 1 aliphatic heterocycles. The van der Waals surface area contributed by atoms with E-state index in [9.17, 15) is 9.50 Å². The first kappa shape index (κ1) is 13.0. The van der Waals surface area contributed by atoms with Crippen LogP contribution in [0.1, 0.15) is 11.8 Å². The summed E-state index contributed by atoms with van der Waals surface area (Å²) in [6, 6.07) is 4.09. The Kier molecular flexibility index (Phi) is 3.37. The van der Waals surface area contributed by atoms with E-state index in [2.05, 4.69) is 15.5 Å². The fraction of sp³-hybridized carbons (Fsp3) is 0.385. The molecule has 0 bridgehead atoms. The predicted octanol–water partition coefficient (Wildman–Crippen LogP) is 1.28. The molecule has 2 unspecified atom stereocenters. The van der Waals surface area contributed by atoms with Gasteiger partial charge >= 0.3 is 0 Å². The lowest BCUT2D eigenvalue weighted by Crippen LogP contribution is -2.31. The van der Waals surface area contributed by atoms with Crippen LogP contribution in [0.15, 0.2) is 22.7 Å². The van der Waals surface area contributed by atoms with Crippen molar-refractivity contribution < 1.29 is 18.8 Å². The molecule has 1 aromatic carbocycles. The van der Waals surface area contributed by atoms with Crippen LogP contribution in [-0.2, 0) is 4.74 Å². The van der Waals surface area contributed by atoms with E-state index in [0.29, 0.717) is 30.5 Å². The zero-order valence-electron chi connectivity index (χ0n) is 10.8. The monoisotopic (exact) mass is 279 g/mol. The van der Waals surface area contributed by atoms with Gasteiger partial charge < -0.3 is 19.7 Å². The predicted molar refractivity (Wildman–Crippen MR) is 67.8 cm³/mol. The van der Waals surface area contributed by atoms with Crippen LogP contribution < -0.4 is 5.32 Å². The third-order valence-electron chi connectivity index (χ3n) is 3.42. The molecule has 2 atom stereocenters. The minimum atomic E-state index is -0.717. The van der Waals surface area contributed by atoms with E-state index in [1.165, 1.54) is 18.2 Å². The third kappa shape index (κ3) is 2.25. The molecule has 2 N–H and O–H groups in total. The molecule has 1 saturated heterocycles. The van der Waals surface area contributed by atoms with Gasteiger partial charge in [0.1, 0.15) is 0 Å². The molecule has 0 saturated carbocycles. The molecule has 0 radical (unpaired) electrons. The van der Waals surface area contributed by atoms with Crippen LogP contribution in [0.5, 0.6) is 5.75 Å². The van der Waals surface area contributed by atoms with Gasteiger partial charge in [0.15, 0.2) is 11.6 Å². The van der Waals surface area contributed by atoms with E-state index in [4.69, 9.17) is 9.26 Å². The number of hydrogen-bond donors (Lipinski definition) is 2. The molecule has 20 heavy (non-hydrogen) atoms. The van der Waals surface area contributed by atoms with Gasteiger partial charge in [-0.15, -0.1) is 0 Å². The second kappa shape index (κ2) is 5.18. The Morgan fingerprint density at radius 2 is 2.25 bits per heavy atom. The lowest BCUT2D eigenvalue weighted by Gasteiger charge is -2.11. The SMILES string of the molecule is CNC1COCC1c1nc(-c2ccc(O)c(F)c2)no1. The van der Waals surface area contributed by atoms with Gasteiger partial charge in [0.2, 0.25) is 11.7 Å². The number of ether oxygens (including phenoxy) is 1. The Labute approximate surface area is 114 Å². The lowest BCUT2D eigenvalue weighted by atomic mass is 10.0. The first-order chi connectivity index (χ1) is 9.69. The standard InChI is InChI=1S/C13H14FN3O3/c1-15-10-6-19-5-8(10)13-16-12(17-20-13)7-2-3-11(18)9(14)4-7/h2-4,8,10,15,18H,5-6H2,1H3. The van der Waals surface area contributed by atoms with Gasteiger partial charge in [-0.2, -0.15) is 4.98 Å². The second-order valence-electron chi connectivity index (χ2n) is 4.66. The molecule has 1 aromatic heterocycles. The molecule has 0 aliphatic carbocycles. The van der Waals surface area contributed by atoms with Crippen LogP contribution in [-0.4, -0.2) is 41.6 Å². The number of benzene rings is 1. The van der Waals surface area contributed by atoms with Crippen LogP contribution in [0.25, 0.3) is 11.4 Å². The van der Waals surface area contributed by atoms with Crippen molar-refractivity contribution in [3.8, 4) is 17.1 Å². The zero-order chi connectivity index (χ0) is 14.1. The highest BCUT2D eigenvalue weighted by Crippen LogP contribution is 2.27. The van der Waals surface area contributed by atoms with Gasteiger partial charge in [-0.3, -0.25) is 0 Å². The van der Waals surface area contributed by atoms with Crippen LogP contribution >= 0.6 is 0 Å². The summed E-state index contributed by atoms with van der Waals surface area (Å²) in [6.45, 7) is 1.10. The Hall–Kier alpha value is -1.99. The largest absolute Gasteiger partial charge is 0.505 e. The number of phenols is 1. The van der Waals surface area contributed by atoms with E-state index in [1.807, 2.05) is 7.05 Å². The van der Waals surface area contributed by atoms with Crippen molar-refractivity contribution in [1.29, 1.82) is 0 Å². The third-order valence-corrected chi connectivity index (χ3v) is 3.42. The van der Waals surface area contributed by atoms with Crippen LogP contribution in [0.3, 0.4) is 0 Å². The topological polar surface area (TPSA) is 80.4 Å². The first-order valence-corrected chi connectivity index (χ1v) is 6.26. The molecular formula is C13H14FN3O3. The summed E-state index contributed by atoms with van der Waals surface area (Å²) in [5.41, 5.74) is 0.454. The molecule has 2 heterocycles. The molecule has 1 aliphatic rings. The maximum absolute atomic E-state index is 13.3. The smallest absolute Gasteiger partial charge is 0.234 e. The summed E-state index contributed by atoms with van der Waals surface area (Å²) in [5, 5.41) is 16.2. The molecule has 7 heteroatoms. The van der Waals surface area contributed by atoms with E-state index in [-0.39, 0.29) is 12.0 Å². The fourth-order valence-corrected chi connectivity index (χ4v) is 2.23. The maximum Gasteiger partial charge on any atom is 0.234 e. The summed E-state index contributed by atoms with van der Waals surface area (Å²) >= 11 is 0. The van der Waals surface area contributed by atoms with Gasteiger partial charge in [-0.25, -0.2) is 4.39 Å². The van der Waals surface area contributed by atoms with Crippen molar-refractivity contribution >= 4 is 0 Å². The highest BCUT2D eigenvalue weighted by atomic mass is 19.1. The number of hydrogen-bond acceptors (Lipinski definition) is 6. The van der Waals surface area contributed by atoms with Crippen molar-refractivity contribution in [1.82, 2.24) is 15.5 Å². The normalized spacial score (nSPS) is 22.3. The molecular weight excluding hydrogens is 265 g/mol. The van der Waals surface area contributed by atoms with E-state index < -0.39 is 11.6 Å². The number of phenolic OH excluding ortho intramolecular Hbond substituents is 1. The summed E-state index contributed by atoms with van der Waals surface area (Å²) in [4.78, 5) is 4.29. The Bertz CT molecular complexity index is 617. The minimum absolute atomic E-state index is 0.0109. The quantitative estimate of drug-likeness (QED) is 0.881. The van der Waals surface area contributed by atoms with E-state index >= 15 is 0 Å². The zero-order valence-corrected chi connectivity index (χ0v) is 10.8. The van der Waals surface area contributed by atoms with Crippen molar-refractivity contribution in [2.45, 2.75) is 12.0 Å². The number of likely N-dealkylation sites (N-methyl/N-ethyl adjacent to an activating group) is 1. The van der Waals surface area contributed by atoms with Crippen LogP contribution in [0.4, 0.5) is 4.39 Å². The molecule has 1 fully saturated rings.